The quantitative estimate of drug-likeness (QED) is 0.288. The molecule has 218 valence electrons. The predicted molar refractivity (Wildman–Crippen MR) is 167 cm³/mol. The molecule has 0 radical (unpaired) electrons. The maximum absolute atomic E-state index is 13.4. The Morgan fingerprint density at radius 1 is 1.10 bits per heavy atom. The van der Waals surface area contributed by atoms with Gasteiger partial charge in [0.05, 0.1) is 6.61 Å². The van der Waals surface area contributed by atoms with Gasteiger partial charge in [-0.25, -0.2) is 4.79 Å². The number of methoxy groups -OCH3 is 1. The maximum atomic E-state index is 13.4. The summed E-state index contributed by atoms with van der Waals surface area (Å²) in [6.07, 6.45) is 10.3. The van der Waals surface area contributed by atoms with Crippen LogP contribution in [0.4, 0.5) is 0 Å². The Hall–Kier alpha value is -2.00. The minimum atomic E-state index is -1.00. The van der Waals surface area contributed by atoms with Gasteiger partial charge in [0.2, 0.25) is 0 Å². The first-order chi connectivity index (χ1) is 19.4. The van der Waals surface area contributed by atoms with Crippen LogP contribution in [0.1, 0.15) is 66.4 Å². The molecular weight excluding hydrogens is 540 g/mol. The van der Waals surface area contributed by atoms with Crippen LogP contribution in [0.5, 0.6) is 0 Å². The number of carboxylic acid groups (broad SMARTS) is 1. The second kappa shape index (κ2) is 15.3. The highest BCUT2D eigenvalue weighted by molar-refractivity contribution is 8.00. The van der Waals surface area contributed by atoms with Crippen molar-refractivity contribution in [1.29, 1.82) is 0 Å². The number of carbonyl (C=O) groups is 2. The number of carbonyl (C=O) groups excluding carboxylic acids is 1. The number of hydrogen-bond acceptors (Lipinski definition) is 6. The average molecular weight is 585 g/mol. The number of carboxylic acids is 1. The van der Waals surface area contributed by atoms with Crippen molar-refractivity contribution < 1.29 is 19.4 Å². The van der Waals surface area contributed by atoms with Crippen molar-refractivity contribution in [2.24, 2.45) is 0 Å². The van der Waals surface area contributed by atoms with Crippen molar-refractivity contribution in [3.05, 3.63) is 59.2 Å². The van der Waals surface area contributed by atoms with Crippen LogP contribution >= 0.6 is 23.5 Å². The zero-order valence-corrected chi connectivity index (χ0v) is 25.7. The number of rotatable bonds is 13. The molecule has 1 amide bonds. The van der Waals surface area contributed by atoms with Crippen molar-refractivity contribution in [2.75, 3.05) is 32.3 Å². The van der Waals surface area contributed by atoms with Crippen LogP contribution in [0.2, 0.25) is 0 Å². The number of aryl methyl sites for hydroxylation is 1. The van der Waals surface area contributed by atoms with Crippen LogP contribution in [0.3, 0.4) is 0 Å². The number of ether oxygens (including phenoxy) is 1. The minimum absolute atomic E-state index is 0.347. The molecule has 3 atom stereocenters. The Morgan fingerprint density at radius 3 is 2.58 bits per heavy atom. The van der Waals surface area contributed by atoms with E-state index in [1.165, 1.54) is 32.1 Å². The number of likely N-dealkylation sites (tertiary alicyclic amines) is 1. The molecule has 1 heterocycles. The molecule has 1 aliphatic carbocycles. The van der Waals surface area contributed by atoms with Crippen molar-refractivity contribution in [3.63, 3.8) is 0 Å². The summed E-state index contributed by atoms with van der Waals surface area (Å²) in [7, 11) is 1.78. The largest absolute Gasteiger partial charge is 0.480 e. The second-order valence-corrected chi connectivity index (χ2v) is 13.7. The molecule has 2 fully saturated rings. The molecule has 6 nitrogen and oxygen atoms in total. The lowest BCUT2D eigenvalue weighted by Gasteiger charge is -2.25. The molecule has 0 bridgehead atoms. The van der Waals surface area contributed by atoms with Crippen LogP contribution in [0, 0.1) is 6.92 Å². The molecule has 0 aromatic heterocycles. The van der Waals surface area contributed by atoms with Gasteiger partial charge in [0, 0.05) is 42.3 Å². The number of hydrogen-bond donors (Lipinski definition) is 2. The van der Waals surface area contributed by atoms with Gasteiger partial charge in [-0.05, 0) is 79.0 Å². The van der Waals surface area contributed by atoms with Crippen LogP contribution in [0.15, 0.2) is 42.5 Å². The lowest BCUT2D eigenvalue weighted by atomic mass is 9.93. The van der Waals surface area contributed by atoms with Crippen molar-refractivity contribution in [1.82, 2.24) is 10.2 Å². The van der Waals surface area contributed by atoms with Gasteiger partial charge in [0.15, 0.2) is 0 Å². The summed E-state index contributed by atoms with van der Waals surface area (Å²) in [6, 6.07) is 13.5. The van der Waals surface area contributed by atoms with Gasteiger partial charge < -0.3 is 15.2 Å². The van der Waals surface area contributed by atoms with Gasteiger partial charge in [-0.3, -0.25) is 9.69 Å². The summed E-state index contributed by atoms with van der Waals surface area (Å²) < 4.78 is 5.62. The van der Waals surface area contributed by atoms with Crippen LogP contribution < -0.4 is 5.32 Å². The third-order valence-electron chi connectivity index (χ3n) is 8.15. The highest BCUT2D eigenvalue weighted by atomic mass is 32.2. The van der Waals surface area contributed by atoms with Gasteiger partial charge in [0.1, 0.15) is 6.04 Å². The maximum Gasteiger partial charge on any atom is 0.326 e. The summed E-state index contributed by atoms with van der Waals surface area (Å²) in [5.74, 6) is -0.685. The number of aliphatic carboxylic acids is 1. The van der Waals surface area contributed by atoms with E-state index in [1.54, 1.807) is 18.9 Å². The topological polar surface area (TPSA) is 78.9 Å². The molecule has 8 heteroatoms. The minimum Gasteiger partial charge on any atom is -0.480 e. The summed E-state index contributed by atoms with van der Waals surface area (Å²) in [6.45, 7) is 4.61. The van der Waals surface area contributed by atoms with E-state index >= 15 is 0 Å². The lowest BCUT2D eigenvalue weighted by molar-refractivity contribution is -0.139. The summed E-state index contributed by atoms with van der Waals surface area (Å²) >= 11 is 3.77. The Bertz CT molecular complexity index is 1140. The highest BCUT2D eigenvalue weighted by Gasteiger charge is 2.34. The van der Waals surface area contributed by atoms with E-state index in [-0.39, 0.29) is 5.91 Å². The number of thioether (sulfide) groups is 2. The summed E-state index contributed by atoms with van der Waals surface area (Å²) in [4.78, 5) is 27.8. The number of nitrogens with one attached hydrogen (secondary N) is 1. The van der Waals surface area contributed by atoms with E-state index in [4.69, 9.17) is 4.74 Å². The Labute approximate surface area is 248 Å². The molecule has 2 N–H and O–H groups in total. The highest BCUT2D eigenvalue weighted by Crippen LogP contribution is 2.37. The first-order valence-electron chi connectivity index (χ1n) is 14.5. The molecular formula is C32H44N2O4S2. The van der Waals surface area contributed by atoms with E-state index in [0.717, 1.165) is 53.6 Å². The molecule has 0 spiro atoms. The second-order valence-electron chi connectivity index (χ2n) is 11.1. The zero-order chi connectivity index (χ0) is 28.5. The molecule has 2 aromatic carbocycles. The zero-order valence-electron chi connectivity index (χ0n) is 24.1. The molecule has 2 aromatic rings. The van der Waals surface area contributed by atoms with E-state index < -0.39 is 12.0 Å². The molecule has 1 saturated heterocycles. The molecule has 2 aliphatic rings. The van der Waals surface area contributed by atoms with Gasteiger partial charge in [-0.15, -0.1) is 0 Å². The molecule has 40 heavy (non-hydrogen) atoms. The standard InChI is InChI=1S/C32H44N2O4S2/c1-22-9-7-8-12-27(22)29-17-23(13-14-28(29)31(35)33-30(32(36)37)15-16-39-3)19-34-20-26(18-24(34)21-38-2)40-25-10-5-4-6-11-25/h7-9,12-14,17,24-26,30H,4-6,10-11,15-16,18-21H2,1-3H3,(H,33,35)(H,36,37). The third-order valence-corrected chi connectivity index (χ3v) is 10.4. The lowest BCUT2D eigenvalue weighted by Crippen LogP contribution is -2.41. The molecule has 4 rings (SSSR count). The van der Waals surface area contributed by atoms with Crippen LogP contribution in [-0.4, -0.2) is 76.7 Å². The summed E-state index contributed by atoms with van der Waals surface area (Å²) in [5, 5.41) is 13.9. The van der Waals surface area contributed by atoms with Gasteiger partial charge in [-0.2, -0.15) is 23.5 Å². The molecule has 1 aliphatic heterocycles. The van der Waals surface area contributed by atoms with Crippen LogP contribution in [0.25, 0.3) is 11.1 Å². The SMILES string of the molecule is COCC1CC(SC2CCCCC2)CN1Cc1ccc(C(=O)NC(CCSC)C(=O)O)c(-c2ccccc2C)c1. The first-order valence-corrected chi connectivity index (χ1v) is 16.8. The van der Waals surface area contributed by atoms with Crippen molar-refractivity contribution in [3.8, 4) is 11.1 Å². The molecule has 1 saturated carbocycles. The normalized spacial score (nSPS) is 20.9. The molecule has 3 unspecified atom stereocenters. The average Bonchev–Trinajstić information content (AvgIpc) is 3.31. The fourth-order valence-electron chi connectivity index (χ4n) is 6.02. The van der Waals surface area contributed by atoms with Crippen molar-refractivity contribution >= 4 is 35.4 Å². The third kappa shape index (κ3) is 8.28. The first kappa shape index (κ1) is 30.9. The van der Waals surface area contributed by atoms with E-state index in [0.29, 0.717) is 29.0 Å². The fraction of sp³-hybridized carbons (Fsp3) is 0.562. The smallest absolute Gasteiger partial charge is 0.326 e. The van der Waals surface area contributed by atoms with E-state index in [9.17, 15) is 14.7 Å². The Kier molecular flexibility index (Phi) is 11.8. The number of amides is 1. The van der Waals surface area contributed by atoms with Crippen molar-refractivity contribution in [2.45, 2.75) is 81.0 Å². The van der Waals surface area contributed by atoms with Gasteiger partial charge in [-0.1, -0.05) is 49.6 Å². The van der Waals surface area contributed by atoms with Gasteiger partial charge >= 0.3 is 5.97 Å². The van der Waals surface area contributed by atoms with E-state index in [1.807, 2.05) is 49.6 Å². The Balaban J connectivity index is 1.56. The van der Waals surface area contributed by atoms with E-state index in [2.05, 4.69) is 28.0 Å². The Morgan fingerprint density at radius 2 is 1.88 bits per heavy atom. The number of nitrogens with zero attached hydrogens (tertiary/aromatic N) is 1. The summed E-state index contributed by atoms with van der Waals surface area (Å²) in [5.41, 5.74) is 4.57. The number of benzene rings is 2. The van der Waals surface area contributed by atoms with Gasteiger partial charge in [0.25, 0.3) is 5.91 Å². The van der Waals surface area contributed by atoms with Crippen LogP contribution in [-0.2, 0) is 16.1 Å². The fourth-order valence-corrected chi connectivity index (χ4v) is 8.25. The predicted octanol–water partition coefficient (Wildman–Crippen LogP) is 6.25. The monoisotopic (exact) mass is 584 g/mol.